The lowest BCUT2D eigenvalue weighted by atomic mass is 9.74. The lowest BCUT2D eigenvalue weighted by Crippen LogP contribution is -2.15. The fourth-order valence-electron chi connectivity index (χ4n) is 8.50. The van der Waals surface area contributed by atoms with Crippen LogP contribution in [0.3, 0.4) is 0 Å². The monoisotopic (exact) mass is 693 g/mol. The van der Waals surface area contributed by atoms with E-state index in [9.17, 15) is 0 Å². The lowest BCUT2D eigenvalue weighted by molar-refractivity contribution is 0.496. The molecular formula is C52H39NO. The fourth-order valence-corrected chi connectivity index (χ4v) is 8.50. The van der Waals surface area contributed by atoms with Crippen molar-refractivity contribution in [3.63, 3.8) is 0 Å². The first-order valence-electron chi connectivity index (χ1n) is 19.0. The van der Waals surface area contributed by atoms with Crippen LogP contribution in [0.15, 0.2) is 204 Å². The van der Waals surface area contributed by atoms with Crippen molar-refractivity contribution >= 4 is 44.9 Å². The van der Waals surface area contributed by atoms with Gasteiger partial charge in [-0.3, -0.25) is 0 Å². The number of rotatable bonds is 7. The molecule has 258 valence electrons. The van der Waals surface area contributed by atoms with Gasteiger partial charge in [0.2, 0.25) is 0 Å². The van der Waals surface area contributed by atoms with Gasteiger partial charge in [-0.25, -0.2) is 0 Å². The normalized spacial score (nSPS) is 16.3. The Labute approximate surface area is 316 Å². The van der Waals surface area contributed by atoms with E-state index in [0.29, 0.717) is 0 Å². The number of fused-ring (bicyclic) bond motifs is 5. The van der Waals surface area contributed by atoms with E-state index >= 15 is 0 Å². The summed E-state index contributed by atoms with van der Waals surface area (Å²) in [7, 11) is 0. The molecule has 0 radical (unpaired) electrons. The second-order valence-electron chi connectivity index (χ2n) is 14.3. The fraction of sp³-hybridized carbons (Fsp3) is 0.0769. The van der Waals surface area contributed by atoms with Gasteiger partial charge in [0.25, 0.3) is 0 Å². The van der Waals surface area contributed by atoms with Crippen molar-refractivity contribution in [1.29, 1.82) is 0 Å². The molecule has 2 heteroatoms. The van der Waals surface area contributed by atoms with E-state index in [1.165, 1.54) is 39.0 Å². The molecule has 2 aliphatic rings. The van der Waals surface area contributed by atoms with Crippen molar-refractivity contribution in [3.05, 3.63) is 217 Å². The Balaban J connectivity index is 1.18. The van der Waals surface area contributed by atoms with Crippen LogP contribution >= 0.6 is 0 Å². The van der Waals surface area contributed by atoms with Crippen molar-refractivity contribution < 1.29 is 4.42 Å². The van der Waals surface area contributed by atoms with Gasteiger partial charge in [0.05, 0.1) is 11.6 Å². The maximum Gasteiger partial charge on any atom is 0.142 e. The largest absolute Gasteiger partial charge is 0.459 e. The molecule has 2 atom stereocenters. The second-order valence-corrected chi connectivity index (χ2v) is 14.3. The van der Waals surface area contributed by atoms with Gasteiger partial charge in [-0.05, 0) is 76.6 Å². The molecule has 0 spiro atoms. The molecule has 0 aliphatic heterocycles. The summed E-state index contributed by atoms with van der Waals surface area (Å²) >= 11 is 0. The van der Waals surface area contributed by atoms with Gasteiger partial charge >= 0.3 is 0 Å². The predicted molar refractivity (Wildman–Crippen MR) is 227 cm³/mol. The third-order valence-electron chi connectivity index (χ3n) is 11.1. The Bertz CT molecular complexity index is 2600. The Morgan fingerprint density at radius 1 is 0.500 bits per heavy atom. The molecule has 10 rings (SSSR count). The molecule has 7 aromatic carbocycles. The zero-order chi connectivity index (χ0) is 35.8. The van der Waals surface area contributed by atoms with Gasteiger partial charge in [0.1, 0.15) is 11.3 Å². The Morgan fingerprint density at radius 3 is 1.65 bits per heavy atom. The van der Waals surface area contributed by atoms with Gasteiger partial charge < -0.3 is 9.32 Å². The first-order valence-corrected chi connectivity index (χ1v) is 19.0. The average Bonchev–Trinajstić information content (AvgIpc) is 3.64. The van der Waals surface area contributed by atoms with E-state index in [-0.39, 0.29) is 11.8 Å². The highest BCUT2D eigenvalue weighted by molar-refractivity contribution is 6.14. The van der Waals surface area contributed by atoms with E-state index < -0.39 is 0 Å². The first kappa shape index (κ1) is 32.0. The van der Waals surface area contributed by atoms with Crippen LogP contribution in [-0.4, -0.2) is 0 Å². The van der Waals surface area contributed by atoms with Crippen molar-refractivity contribution in [2.24, 2.45) is 0 Å². The lowest BCUT2D eigenvalue weighted by Gasteiger charge is -2.29. The van der Waals surface area contributed by atoms with Gasteiger partial charge in [-0.15, -0.1) is 0 Å². The number of anilines is 3. The minimum absolute atomic E-state index is 0.0886. The minimum Gasteiger partial charge on any atom is -0.459 e. The number of nitrogens with zero attached hydrogens (tertiary/aromatic N) is 1. The minimum atomic E-state index is 0.0886. The highest BCUT2D eigenvalue weighted by atomic mass is 16.3. The van der Waals surface area contributed by atoms with Crippen LogP contribution in [0.25, 0.3) is 50.1 Å². The molecule has 2 nitrogen and oxygen atoms in total. The first-order chi connectivity index (χ1) is 26.8. The van der Waals surface area contributed by atoms with Crippen LogP contribution < -0.4 is 4.90 Å². The molecule has 0 N–H and O–H groups in total. The summed E-state index contributed by atoms with van der Waals surface area (Å²) in [4.78, 5) is 2.41. The van der Waals surface area contributed by atoms with E-state index in [0.717, 1.165) is 57.4 Å². The summed E-state index contributed by atoms with van der Waals surface area (Å²) in [6.45, 7) is 0. The summed E-state index contributed by atoms with van der Waals surface area (Å²) < 4.78 is 7.15. The second kappa shape index (κ2) is 13.7. The maximum atomic E-state index is 7.15. The van der Waals surface area contributed by atoms with Gasteiger partial charge in [0, 0.05) is 39.0 Å². The number of allylic oxidation sites excluding steroid dienone is 5. The van der Waals surface area contributed by atoms with Crippen molar-refractivity contribution in [1.82, 2.24) is 0 Å². The Morgan fingerprint density at radius 2 is 1.06 bits per heavy atom. The predicted octanol–water partition coefficient (Wildman–Crippen LogP) is 14.6. The number of hydrogen-bond acceptors (Lipinski definition) is 2. The Hall–Kier alpha value is -6.64. The molecule has 2 unspecified atom stereocenters. The summed E-state index contributed by atoms with van der Waals surface area (Å²) in [5.74, 6) is 1.32. The molecule has 1 aromatic heterocycles. The van der Waals surface area contributed by atoms with Crippen molar-refractivity contribution in [3.8, 4) is 22.3 Å². The summed E-state index contributed by atoms with van der Waals surface area (Å²) in [6, 6.07) is 61.1. The molecule has 0 saturated carbocycles. The van der Waals surface area contributed by atoms with Crippen LogP contribution in [0.4, 0.5) is 17.1 Å². The third kappa shape index (κ3) is 5.68. The van der Waals surface area contributed by atoms with E-state index in [4.69, 9.17) is 4.42 Å². The zero-order valence-electron chi connectivity index (χ0n) is 30.0. The van der Waals surface area contributed by atoms with Crippen LogP contribution in [0.5, 0.6) is 0 Å². The topological polar surface area (TPSA) is 16.4 Å². The highest BCUT2D eigenvalue weighted by Gasteiger charge is 2.35. The number of hydrogen-bond donors (Lipinski definition) is 0. The van der Waals surface area contributed by atoms with Gasteiger partial charge in [0.15, 0.2) is 0 Å². The van der Waals surface area contributed by atoms with Crippen molar-refractivity contribution in [2.75, 3.05) is 4.90 Å². The van der Waals surface area contributed by atoms with Crippen molar-refractivity contribution in [2.45, 2.75) is 24.7 Å². The van der Waals surface area contributed by atoms with Gasteiger partial charge in [-0.1, -0.05) is 170 Å². The molecule has 8 aromatic rings. The van der Waals surface area contributed by atoms with E-state index in [1.807, 2.05) is 0 Å². The molecule has 1 heterocycles. The molecule has 54 heavy (non-hydrogen) atoms. The molecular weight excluding hydrogens is 655 g/mol. The number of benzene rings is 7. The summed E-state index contributed by atoms with van der Waals surface area (Å²) in [6.07, 6.45) is 13.9. The quantitative estimate of drug-likeness (QED) is 0.165. The molecule has 0 fully saturated rings. The smallest absolute Gasteiger partial charge is 0.142 e. The molecule has 0 bridgehead atoms. The van der Waals surface area contributed by atoms with Crippen LogP contribution in [0.2, 0.25) is 0 Å². The van der Waals surface area contributed by atoms with Crippen LogP contribution in [-0.2, 0) is 0 Å². The van der Waals surface area contributed by atoms with Crippen LogP contribution in [0, 0.1) is 0 Å². The SMILES string of the molecule is C1=CC(C2c3oc4c(cc(N(c5ccc(-c6ccccc6)cc5)c5ccc(-c6ccccc6)cc5)c5ccccc54)c3C=CC2c2ccccc2)=CCC1. The molecule has 0 saturated heterocycles. The summed E-state index contributed by atoms with van der Waals surface area (Å²) in [5.41, 5.74) is 12.9. The van der Waals surface area contributed by atoms with Crippen LogP contribution in [0.1, 0.15) is 41.6 Å². The molecule has 0 amide bonds. The molecule has 2 aliphatic carbocycles. The van der Waals surface area contributed by atoms with Gasteiger partial charge in [-0.2, -0.15) is 0 Å². The van der Waals surface area contributed by atoms with E-state index in [1.54, 1.807) is 0 Å². The number of furan rings is 1. The highest BCUT2D eigenvalue weighted by Crippen LogP contribution is 2.51. The van der Waals surface area contributed by atoms with E-state index in [2.05, 4.69) is 205 Å². The third-order valence-corrected chi connectivity index (χ3v) is 11.1. The Kier molecular flexibility index (Phi) is 8.15. The average molecular weight is 694 g/mol. The summed E-state index contributed by atoms with van der Waals surface area (Å²) in [5, 5.41) is 3.40. The maximum absolute atomic E-state index is 7.15. The standard InChI is InChI=1S/C52H39NO/c1-5-15-36(16-6-1)38-25-29-42(30-26-38)53(43-31-27-39(28-32-43)37-17-7-2-8-18-37)49-35-48-47-34-33-44(40-19-9-3-10-20-40)50(41-21-11-4-12-22-41)52(47)54-51(48)46-24-14-13-23-45(46)49/h1-3,5-11,13-35,44,50H,4,12H2. The zero-order valence-corrected chi connectivity index (χ0v) is 30.0.